The highest BCUT2D eigenvalue weighted by atomic mass is 35.5. The quantitative estimate of drug-likeness (QED) is 0.754. The lowest BCUT2D eigenvalue weighted by molar-refractivity contribution is 0.0571. The van der Waals surface area contributed by atoms with Crippen LogP contribution in [0.4, 0.5) is 8.78 Å². The van der Waals surface area contributed by atoms with Gasteiger partial charge < -0.3 is 4.90 Å². The summed E-state index contributed by atoms with van der Waals surface area (Å²) in [5.74, 6) is -0.512. The first-order valence-corrected chi connectivity index (χ1v) is 6.33. The van der Waals surface area contributed by atoms with Gasteiger partial charge in [-0.2, -0.15) is 0 Å². The molecule has 0 bridgehead atoms. The smallest absolute Gasteiger partial charge is 0.255 e. The summed E-state index contributed by atoms with van der Waals surface area (Å²) in [7, 11) is 0. The molecular formula is C11H10Cl3F2NO. The molecule has 0 aliphatic heterocycles. The maximum absolute atomic E-state index is 12.4. The second-order valence-electron chi connectivity index (χ2n) is 3.46. The van der Waals surface area contributed by atoms with Crippen LogP contribution in [0.15, 0.2) is 18.2 Å². The summed E-state index contributed by atoms with van der Waals surface area (Å²) >= 11 is 17.0. The van der Waals surface area contributed by atoms with Crippen molar-refractivity contribution in [1.82, 2.24) is 4.90 Å². The molecule has 0 spiro atoms. The van der Waals surface area contributed by atoms with E-state index in [-0.39, 0.29) is 23.0 Å². The fourth-order valence-corrected chi connectivity index (χ4v) is 2.07. The lowest BCUT2D eigenvalue weighted by Crippen LogP contribution is -2.36. The predicted octanol–water partition coefficient (Wildman–Crippen LogP) is 3.94. The fourth-order valence-electron chi connectivity index (χ4n) is 1.38. The highest BCUT2D eigenvalue weighted by Crippen LogP contribution is 2.22. The van der Waals surface area contributed by atoms with Crippen molar-refractivity contribution in [2.75, 3.05) is 19.0 Å². The largest absolute Gasteiger partial charge is 0.332 e. The van der Waals surface area contributed by atoms with Crippen LogP contribution in [0.3, 0.4) is 0 Å². The summed E-state index contributed by atoms with van der Waals surface area (Å²) < 4.78 is 24.7. The van der Waals surface area contributed by atoms with E-state index in [1.165, 1.54) is 18.2 Å². The van der Waals surface area contributed by atoms with Crippen LogP contribution >= 0.6 is 34.8 Å². The van der Waals surface area contributed by atoms with Crippen molar-refractivity contribution in [2.45, 2.75) is 6.43 Å². The molecule has 18 heavy (non-hydrogen) atoms. The van der Waals surface area contributed by atoms with Gasteiger partial charge in [0.2, 0.25) is 0 Å². The minimum absolute atomic E-state index is 0.0314. The first-order chi connectivity index (χ1) is 8.45. The van der Waals surface area contributed by atoms with E-state index >= 15 is 0 Å². The third-order valence-corrected chi connectivity index (χ3v) is 2.88. The number of rotatable bonds is 5. The van der Waals surface area contributed by atoms with Gasteiger partial charge in [-0.3, -0.25) is 4.79 Å². The molecule has 0 unspecified atom stereocenters. The highest BCUT2D eigenvalue weighted by molar-refractivity contribution is 6.36. The van der Waals surface area contributed by atoms with Crippen LogP contribution in [0.1, 0.15) is 10.4 Å². The number of hydrogen-bond donors (Lipinski definition) is 0. The molecule has 1 amide bonds. The molecule has 0 saturated carbocycles. The SMILES string of the molecule is O=C(c1ccc(Cl)cc1Cl)N(CCCl)CC(F)F. The van der Waals surface area contributed by atoms with Gasteiger partial charge in [0.1, 0.15) is 0 Å². The number of carbonyl (C=O) groups is 1. The minimum Gasteiger partial charge on any atom is -0.332 e. The molecule has 0 aliphatic rings. The zero-order chi connectivity index (χ0) is 13.7. The van der Waals surface area contributed by atoms with E-state index in [4.69, 9.17) is 34.8 Å². The van der Waals surface area contributed by atoms with E-state index < -0.39 is 18.9 Å². The van der Waals surface area contributed by atoms with Crippen LogP contribution in [0.5, 0.6) is 0 Å². The molecule has 0 aliphatic carbocycles. The molecule has 2 nitrogen and oxygen atoms in total. The normalized spacial score (nSPS) is 10.8. The van der Waals surface area contributed by atoms with Crippen LogP contribution in [0.25, 0.3) is 0 Å². The molecule has 0 aromatic heterocycles. The summed E-state index contributed by atoms with van der Waals surface area (Å²) in [5, 5.41) is 0.496. The van der Waals surface area contributed by atoms with Crippen LogP contribution < -0.4 is 0 Å². The second-order valence-corrected chi connectivity index (χ2v) is 4.68. The standard InChI is InChI=1S/C11H10Cl3F2NO/c12-3-4-17(6-10(15)16)11(18)8-2-1-7(13)5-9(8)14/h1-2,5,10H,3-4,6H2. The summed E-state index contributed by atoms with van der Waals surface area (Å²) in [4.78, 5) is 13.0. The number of alkyl halides is 3. The number of hydrogen-bond acceptors (Lipinski definition) is 1. The molecule has 1 aromatic carbocycles. The summed E-state index contributed by atoms with van der Waals surface area (Å²) in [6.07, 6.45) is -2.62. The van der Waals surface area contributed by atoms with E-state index in [0.717, 1.165) is 4.90 Å². The highest BCUT2D eigenvalue weighted by Gasteiger charge is 2.21. The molecule has 0 saturated heterocycles. The molecular weight excluding hydrogens is 306 g/mol. The zero-order valence-electron chi connectivity index (χ0n) is 9.18. The number of carbonyl (C=O) groups excluding carboxylic acids is 1. The fraction of sp³-hybridized carbons (Fsp3) is 0.364. The lowest BCUT2D eigenvalue weighted by atomic mass is 10.2. The average molecular weight is 317 g/mol. The van der Waals surface area contributed by atoms with Crippen LogP contribution in [0, 0.1) is 0 Å². The van der Waals surface area contributed by atoms with Gasteiger partial charge in [-0.05, 0) is 18.2 Å². The second kappa shape index (κ2) is 7.12. The van der Waals surface area contributed by atoms with Crippen molar-refractivity contribution in [2.24, 2.45) is 0 Å². The maximum Gasteiger partial charge on any atom is 0.255 e. The molecule has 0 fully saturated rings. The van der Waals surface area contributed by atoms with Gasteiger partial charge in [0.15, 0.2) is 0 Å². The van der Waals surface area contributed by atoms with Crippen LogP contribution in [0.2, 0.25) is 10.0 Å². The van der Waals surface area contributed by atoms with E-state index in [0.29, 0.717) is 5.02 Å². The van der Waals surface area contributed by atoms with E-state index in [2.05, 4.69) is 0 Å². The van der Waals surface area contributed by atoms with Gasteiger partial charge in [0.05, 0.1) is 17.1 Å². The first kappa shape index (κ1) is 15.5. The Morgan fingerprint density at radius 3 is 2.50 bits per heavy atom. The molecule has 7 heteroatoms. The van der Waals surface area contributed by atoms with Crippen molar-refractivity contribution in [3.8, 4) is 0 Å². The minimum atomic E-state index is -2.62. The maximum atomic E-state index is 12.4. The molecule has 1 rings (SSSR count). The third kappa shape index (κ3) is 4.26. The van der Waals surface area contributed by atoms with Crippen molar-refractivity contribution >= 4 is 40.7 Å². The Morgan fingerprint density at radius 2 is 2.00 bits per heavy atom. The zero-order valence-corrected chi connectivity index (χ0v) is 11.4. The Balaban J connectivity index is 2.94. The van der Waals surface area contributed by atoms with Gasteiger partial charge in [0, 0.05) is 17.4 Å². The van der Waals surface area contributed by atoms with Crippen LogP contribution in [-0.4, -0.2) is 36.2 Å². The Labute approximate surface area is 118 Å². The van der Waals surface area contributed by atoms with Crippen molar-refractivity contribution < 1.29 is 13.6 Å². The number of amides is 1. The van der Waals surface area contributed by atoms with Crippen molar-refractivity contribution in [3.05, 3.63) is 33.8 Å². The van der Waals surface area contributed by atoms with Gasteiger partial charge >= 0.3 is 0 Å². The summed E-state index contributed by atoms with van der Waals surface area (Å²) in [5.41, 5.74) is 0.131. The number of nitrogens with zero attached hydrogens (tertiary/aromatic N) is 1. The van der Waals surface area contributed by atoms with E-state index in [9.17, 15) is 13.6 Å². The van der Waals surface area contributed by atoms with Gasteiger partial charge in [-0.1, -0.05) is 23.2 Å². The number of benzene rings is 1. The monoisotopic (exact) mass is 315 g/mol. The molecule has 0 radical (unpaired) electrons. The molecule has 0 atom stereocenters. The van der Waals surface area contributed by atoms with Gasteiger partial charge in [0.25, 0.3) is 12.3 Å². The van der Waals surface area contributed by atoms with Crippen molar-refractivity contribution in [3.63, 3.8) is 0 Å². The average Bonchev–Trinajstić information content (AvgIpc) is 2.27. The van der Waals surface area contributed by atoms with Gasteiger partial charge in [-0.25, -0.2) is 8.78 Å². The Hall–Kier alpha value is -0.580. The Bertz CT molecular complexity index is 429. The molecule has 0 heterocycles. The Morgan fingerprint density at radius 1 is 1.33 bits per heavy atom. The molecule has 0 N–H and O–H groups in total. The summed E-state index contributed by atoms with van der Waals surface area (Å²) in [6, 6.07) is 4.26. The lowest BCUT2D eigenvalue weighted by Gasteiger charge is -2.21. The number of halogens is 5. The van der Waals surface area contributed by atoms with Crippen LogP contribution in [-0.2, 0) is 0 Å². The predicted molar refractivity (Wildman–Crippen MR) is 69.1 cm³/mol. The Kier molecular flexibility index (Phi) is 6.12. The molecule has 100 valence electrons. The topological polar surface area (TPSA) is 20.3 Å². The first-order valence-electron chi connectivity index (χ1n) is 5.04. The van der Waals surface area contributed by atoms with E-state index in [1.807, 2.05) is 0 Å². The van der Waals surface area contributed by atoms with E-state index in [1.54, 1.807) is 0 Å². The third-order valence-electron chi connectivity index (χ3n) is 2.16. The summed E-state index contributed by atoms with van der Waals surface area (Å²) in [6.45, 7) is -0.645. The van der Waals surface area contributed by atoms with Crippen molar-refractivity contribution in [1.29, 1.82) is 0 Å². The molecule has 1 aromatic rings. The van der Waals surface area contributed by atoms with Gasteiger partial charge in [-0.15, -0.1) is 11.6 Å².